The second kappa shape index (κ2) is 8.84. The van der Waals surface area contributed by atoms with Gasteiger partial charge in [0.2, 0.25) is 5.91 Å². The van der Waals surface area contributed by atoms with Gasteiger partial charge in [0.1, 0.15) is 17.6 Å². The summed E-state index contributed by atoms with van der Waals surface area (Å²) >= 11 is 0. The van der Waals surface area contributed by atoms with Crippen molar-refractivity contribution in [2.24, 2.45) is 0 Å². The predicted octanol–water partition coefficient (Wildman–Crippen LogP) is 2.67. The summed E-state index contributed by atoms with van der Waals surface area (Å²) in [5.41, 5.74) is 3.09. The van der Waals surface area contributed by atoms with E-state index in [1.165, 1.54) is 4.90 Å². The van der Waals surface area contributed by atoms with E-state index in [1.54, 1.807) is 19.3 Å². The number of amides is 2. The molecule has 2 aromatic heterocycles. The Labute approximate surface area is 180 Å². The number of hydrogen-bond donors (Lipinski definition) is 2. The number of aromatic nitrogens is 3. The lowest BCUT2D eigenvalue weighted by molar-refractivity contribution is -0.120. The van der Waals surface area contributed by atoms with E-state index in [-0.39, 0.29) is 17.5 Å². The van der Waals surface area contributed by atoms with Crippen molar-refractivity contribution in [1.82, 2.24) is 20.5 Å². The number of carbonyl (C=O) groups is 2. The van der Waals surface area contributed by atoms with Gasteiger partial charge in [0.05, 0.1) is 0 Å². The van der Waals surface area contributed by atoms with Crippen molar-refractivity contribution in [3.63, 3.8) is 0 Å². The number of fused-ring (bicyclic) bond motifs is 1. The van der Waals surface area contributed by atoms with Crippen LogP contribution in [0, 0.1) is 12.3 Å². The number of benzene rings is 1. The zero-order chi connectivity index (χ0) is 21.8. The quantitative estimate of drug-likeness (QED) is 0.629. The molecule has 3 aromatic rings. The van der Waals surface area contributed by atoms with E-state index in [4.69, 9.17) is 6.42 Å². The van der Waals surface area contributed by atoms with Crippen LogP contribution in [0.2, 0.25) is 0 Å². The summed E-state index contributed by atoms with van der Waals surface area (Å²) in [7, 11) is 1.66. The van der Waals surface area contributed by atoms with Gasteiger partial charge in [-0.1, -0.05) is 36.4 Å². The van der Waals surface area contributed by atoms with E-state index in [1.807, 2.05) is 42.5 Å². The molecular formula is C24H23N5O2. The van der Waals surface area contributed by atoms with Crippen LogP contribution in [0.4, 0.5) is 5.82 Å². The number of H-pyrrole nitrogens is 1. The third-order valence-electron chi connectivity index (χ3n) is 5.49. The van der Waals surface area contributed by atoms with Gasteiger partial charge in [0, 0.05) is 37.7 Å². The highest BCUT2D eigenvalue weighted by molar-refractivity contribution is 6.02. The Morgan fingerprint density at radius 1 is 1.29 bits per heavy atom. The van der Waals surface area contributed by atoms with Gasteiger partial charge in [-0.3, -0.25) is 19.6 Å². The first-order valence-corrected chi connectivity index (χ1v) is 10.1. The van der Waals surface area contributed by atoms with E-state index in [9.17, 15) is 9.59 Å². The fraction of sp³-hybridized carbons (Fsp3) is 0.250. The monoisotopic (exact) mass is 413 g/mol. The fourth-order valence-electron chi connectivity index (χ4n) is 3.93. The number of hydrogen-bond acceptors (Lipinski definition) is 4. The fourth-order valence-corrected chi connectivity index (χ4v) is 3.93. The lowest BCUT2D eigenvalue weighted by Gasteiger charge is -2.21. The van der Waals surface area contributed by atoms with E-state index in [0.29, 0.717) is 25.1 Å². The van der Waals surface area contributed by atoms with Crippen LogP contribution in [0.25, 0.3) is 0 Å². The molecule has 2 atom stereocenters. The van der Waals surface area contributed by atoms with Gasteiger partial charge in [-0.15, -0.1) is 12.3 Å². The molecule has 1 aliphatic rings. The Morgan fingerprint density at radius 2 is 2.10 bits per heavy atom. The first kappa shape index (κ1) is 20.4. The highest BCUT2D eigenvalue weighted by Crippen LogP contribution is 2.34. The molecule has 7 nitrogen and oxygen atoms in total. The predicted molar refractivity (Wildman–Crippen MR) is 118 cm³/mol. The minimum atomic E-state index is -0.723. The molecule has 0 aliphatic carbocycles. The van der Waals surface area contributed by atoms with Gasteiger partial charge in [0.15, 0.2) is 0 Å². The van der Waals surface area contributed by atoms with E-state index >= 15 is 0 Å². The normalized spacial score (nSPS) is 18.1. The van der Waals surface area contributed by atoms with E-state index in [2.05, 4.69) is 26.4 Å². The minimum absolute atomic E-state index is 0.0827. The average molecular weight is 413 g/mol. The van der Waals surface area contributed by atoms with Crippen LogP contribution in [-0.4, -0.2) is 40.1 Å². The first-order chi connectivity index (χ1) is 15.1. The van der Waals surface area contributed by atoms with Crippen LogP contribution >= 0.6 is 0 Å². The molecule has 2 amide bonds. The van der Waals surface area contributed by atoms with Crippen LogP contribution in [0.5, 0.6) is 0 Å². The van der Waals surface area contributed by atoms with Crippen molar-refractivity contribution >= 4 is 17.6 Å². The Balaban J connectivity index is 1.51. The molecule has 0 saturated carbocycles. The largest absolute Gasteiger partial charge is 0.339 e. The first-order valence-electron chi connectivity index (χ1n) is 10.1. The minimum Gasteiger partial charge on any atom is -0.339 e. The van der Waals surface area contributed by atoms with Crippen molar-refractivity contribution in [3.8, 4) is 12.3 Å². The molecule has 1 aromatic carbocycles. The molecule has 31 heavy (non-hydrogen) atoms. The summed E-state index contributed by atoms with van der Waals surface area (Å²) in [4.78, 5) is 31.8. The van der Waals surface area contributed by atoms with Gasteiger partial charge in [0.25, 0.3) is 5.91 Å². The topological polar surface area (TPSA) is 91.0 Å². The van der Waals surface area contributed by atoms with Gasteiger partial charge in [-0.25, -0.2) is 4.98 Å². The number of pyridine rings is 1. The Morgan fingerprint density at radius 3 is 2.87 bits per heavy atom. The maximum Gasteiger partial charge on any atom is 0.272 e. The molecule has 3 heterocycles. The summed E-state index contributed by atoms with van der Waals surface area (Å²) < 4.78 is 0. The number of nitrogens with one attached hydrogen (secondary N) is 2. The van der Waals surface area contributed by atoms with Crippen molar-refractivity contribution in [3.05, 3.63) is 77.2 Å². The number of terminal acetylenes is 1. The SMILES string of the molecule is C#CC[C@H]1C[C@@H](NC(=O)c2cc(Cc3ccccc3)[nH]n2)C(=O)N(C)c2ncccc21. The molecule has 0 spiro atoms. The van der Waals surface area contributed by atoms with Crippen LogP contribution in [0.15, 0.2) is 54.7 Å². The lowest BCUT2D eigenvalue weighted by atomic mass is 9.91. The van der Waals surface area contributed by atoms with Crippen LogP contribution in [0.3, 0.4) is 0 Å². The van der Waals surface area contributed by atoms with Crippen LogP contribution in [-0.2, 0) is 11.2 Å². The molecule has 1 aliphatic heterocycles. The number of anilines is 1. The van der Waals surface area contributed by atoms with E-state index in [0.717, 1.165) is 16.8 Å². The third kappa shape index (κ3) is 4.33. The molecule has 2 N–H and O–H groups in total. The van der Waals surface area contributed by atoms with Crippen LogP contribution in [0.1, 0.15) is 46.1 Å². The zero-order valence-corrected chi connectivity index (χ0v) is 17.2. The van der Waals surface area contributed by atoms with Gasteiger partial charge in [-0.05, 0) is 29.7 Å². The van der Waals surface area contributed by atoms with Crippen molar-refractivity contribution in [1.29, 1.82) is 0 Å². The molecule has 0 bridgehead atoms. The average Bonchev–Trinajstić information content (AvgIpc) is 3.23. The summed E-state index contributed by atoms with van der Waals surface area (Å²) in [5, 5.41) is 9.89. The molecular weight excluding hydrogens is 390 g/mol. The number of aromatic amines is 1. The zero-order valence-electron chi connectivity index (χ0n) is 17.2. The summed E-state index contributed by atoms with van der Waals surface area (Å²) in [6.45, 7) is 0. The second-order valence-corrected chi connectivity index (χ2v) is 7.62. The van der Waals surface area contributed by atoms with Crippen molar-refractivity contribution < 1.29 is 9.59 Å². The molecule has 0 fully saturated rings. The van der Waals surface area contributed by atoms with E-state index < -0.39 is 11.9 Å². The van der Waals surface area contributed by atoms with Gasteiger partial charge < -0.3 is 5.32 Å². The molecule has 0 unspecified atom stereocenters. The Hall–Kier alpha value is -3.92. The molecule has 4 rings (SSSR count). The summed E-state index contributed by atoms with van der Waals surface area (Å²) in [6, 6.07) is 14.7. The van der Waals surface area contributed by atoms with Gasteiger partial charge >= 0.3 is 0 Å². The Bertz CT molecular complexity index is 1130. The maximum atomic E-state index is 13.1. The number of carbonyl (C=O) groups excluding carboxylic acids is 2. The summed E-state index contributed by atoms with van der Waals surface area (Å²) in [6.07, 6.45) is 8.71. The lowest BCUT2D eigenvalue weighted by Crippen LogP contribution is -2.47. The van der Waals surface area contributed by atoms with Crippen molar-refractivity contribution in [2.45, 2.75) is 31.2 Å². The van der Waals surface area contributed by atoms with Gasteiger partial charge in [-0.2, -0.15) is 5.10 Å². The van der Waals surface area contributed by atoms with Crippen molar-refractivity contribution in [2.75, 3.05) is 11.9 Å². The highest BCUT2D eigenvalue weighted by atomic mass is 16.2. The standard InChI is InChI=1S/C24H23N5O2/c1-3-8-17-14-21(24(31)29(2)22-19(17)11-7-12-25-22)26-23(30)20-15-18(27-28-20)13-16-9-5-4-6-10-16/h1,4-7,9-12,15,17,21H,8,13-14H2,2H3,(H,26,30)(H,27,28)/t17-,21+/m0/s1. The molecule has 0 radical (unpaired) electrons. The molecule has 0 saturated heterocycles. The molecule has 156 valence electrons. The second-order valence-electron chi connectivity index (χ2n) is 7.62. The third-order valence-corrected chi connectivity index (χ3v) is 5.49. The number of likely N-dealkylation sites (N-methyl/N-ethyl adjacent to an activating group) is 1. The number of rotatable bonds is 5. The highest BCUT2D eigenvalue weighted by Gasteiger charge is 2.35. The van der Waals surface area contributed by atoms with Crippen LogP contribution < -0.4 is 10.2 Å². The smallest absolute Gasteiger partial charge is 0.272 e. The molecule has 7 heteroatoms. The Kier molecular flexibility index (Phi) is 5.80. The number of nitrogens with zero attached hydrogens (tertiary/aromatic N) is 3. The maximum absolute atomic E-state index is 13.1. The summed E-state index contributed by atoms with van der Waals surface area (Å²) in [5.74, 6) is 2.54.